The second-order valence-corrected chi connectivity index (χ2v) is 3.72. The number of hydrogen-bond acceptors (Lipinski definition) is 4. The van der Waals surface area contributed by atoms with Gasteiger partial charge in [-0.05, 0) is 13.0 Å². The first-order chi connectivity index (χ1) is 6.06. The van der Waals surface area contributed by atoms with Gasteiger partial charge < -0.3 is 20.3 Å². The molecular weight excluding hydrogens is 170 g/mol. The molecule has 4 nitrogen and oxygen atoms in total. The molecule has 3 N–H and O–H groups in total. The van der Waals surface area contributed by atoms with Crippen molar-refractivity contribution < 1.29 is 14.6 Å². The van der Waals surface area contributed by atoms with Gasteiger partial charge in [0.05, 0.1) is 0 Å². The third kappa shape index (κ3) is 1.29. The Morgan fingerprint density at radius 2 is 1.92 bits per heavy atom. The fourth-order valence-electron chi connectivity index (χ4n) is 2.04. The summed E-state index contributed by atoms with van der Waals surface area (Å²) in [6.07, 6.45) is 1.41. The monoisotopic (exact) mass is 189 g/mol. The van der Waals surface area contributed by atoms with E-state index in [0.29, 0.717) is 13.0 Å². The molecule has 1 fully saturated rings. The van der Waals surface area contributed by atoms with Crippen molar-refractivity contribution in [1.82, 2.24) is 0 Å². The summed E-state index contributed by atoms with van der Waals surface area (Å²) in [5.41, 5.74) is 4.60. The van der Waals surface area contributed by atoms with Crippen LogP contribution in [0.1, 0.15) is 19.8 Å². The van der Waals surface area contributed by atoms with Gasteiger partial charge in [0.2, 0.25) is 0 Å². The first kappa shape index (κ1) is 10.9. The van der Waals surface area contributed by atoms with E-state index in [-0.39, 0.29) is 5.92 Å². The van der Waals surface area contributed by atoms with E-state index in [1.165, 1.54) is 0 Å². The summed E-state index contributed by atoms with van der Waals surface area (Å²) in [6.45, 7) is 2.34. The second kappa shape index (κ2) is 3.53. The van der Waals surface area contributed by atoms with Crippen LogP contribution in [0.2, 0.25) is 0 Å². The van der Waals surface area contributed by atoms with E-state index in [4.69, 9.17) is 15.2 Å². The Morgan fingerprint density at radius 3 is 2.15 bits per heavy atom. The maximum atomic E-state index is 10.3. The van der Waals surface area contributed by atoms with E-state index in [9.17, 15) is 5.11 Å². The van der Waals surface area contributed by atoms with Crippen LogP contribution >= 0.6 is 0 Å². The molecule has 0 heterocycles. The third-order valence-electron chi connectivity index (χ3n) is 3.32. The number of aliphatic hydroxyl groups is 1. The van der Waals surface area contributed by atoms with Crippen molar-refractivity contribution in [2.75, 3.05) is 20.8 Å². The molecule has 78 valence electrons. The molecule has 0 spiro atoms. The van der Waals surface area contributed by atoms with Crippen LogP contribution in [0.15, 0.2) is 0 Å². The first-order valence-electron chi connectivity index (χ1n) is 4.59. The molecule has 0 aromatic rings. The van der Waals surface area contributed by atoms with E-state index >= 15 is 0 Å². The molecular formula is C9H19NO3. The van der Waals surface area contributed by atoms with E-state index in [1.807, 2.05) is 6.92 Å². The van der Waals surface area contributed by atoms with Crippen LogP contribution in [0, 0.1) is 5.92 Å². The lowest BCUT2D eigenvalue weighted by molar-refractivity contribution is -0.366. The fourth-order valence-corrected chi connectivity index (χ4v) is 2.04. The minimum Gasteiger partial charge on any atom is -0.384 e. The highest BCUT2D eigenvalue weighted by Gasteiger charge is 2.62. The number of methoxy groups -OCH3 is 2. The largest absolute Gasteiger partial charge is 0.384 e. The van der Waals surface area contributed by atoms with Crippen LogP contribution in [-0.2, 0) is 9.47 Å². The Bertz CT molecular complexity index is 176. The molecule has 0 amide bonds. The minimum atomic E-state index is -0.925. The highest BCUT2D eigenvalue weighted by Crippen LogP contribution is 2.49. The van der Waals surface area contributed by atoms with Crippen molar-refractivity contribution in [3.05, 3.63) is 0 Å². The molecule has 2 unspecified atom stereocenters. The van der Waals surface area contributed by atoms with Crippen molar-refractivity contribution >= 4 is 0 Å². The van der Waals surface area contributed by atoms with Gasteiger partial charge >= 0.3 is 0 Å². The molecule has 1 aliphatic carbocycles. The van der Waals surface area contributed by atoms with Crippen LogP contribution in [0.5, 0.6) is 0 Å². The van der Waals surface area contributed by atoms with Gasteiger partial charge in [0.15, 0.2) is 5.79 Å². The summed E-state index contributed by atoms with van der Waals surface area (Å²) in [6, 6.07) is 0. The Balaban J connectivity index is 2.79. The molecule has 0 aliphatic heterocycles. The van der Waals surface area contributed by atoms with Crippen molar-refractivity contribution in [1.29, 1.82) is 0 Å². The lowest BCUT2D eigenvalue weighted by Crippen LogP contribution is -2.69. The van der Waals surface area contributed by atoms with E-state index in [0.717, 1.165) is 6.42 Å². The van der Waals surface area contributed by atoms with Crippen LogP contribution < -0.4 is 5.73 Å². The minimum absolute atomic E-state index is 0.0128. The summed E-state index contributed by atoms with van der Waals surface area (Å²) < 4.78 is 10.5. The van der Waals surface area contributed by atoms with Crippen LogP contribution in [0.3, 0.4) is 0 Å². The fraction of sp³-hybridized carbons (Fsp3) is 1.00. The van der Waals surface area contributed by atoms with Gasteiger partial charge in [0.25, 0.3) is 0 Å². The predicted octanol–water partition coefficient (Wildman–Crippen LogP) is 0.0952. The normalized spacial score (nSPS) is 33.9. The lowest BCUT2D eigenvalue weighted by Gasteiger charge is -2.56. The first-order valence-corrected chi connectivity index (χ1v) is 4.59. The molecule has 0 bridgehead atoms. The Labute approximate surface area is 79.0 Å². The quantitative estimate of drug-likeness (QED) is 0.615. The standard InChI is InChI=1S/C9H19NO3/c1-7(6-10)8(11)4-5-9(8,12-2)13-3/h7,11H,4-6,10H2,1-3H3. The topological polar surface area (TPSA) is 64.7 Å². The van der Waals surface area contributed by atoms with E-state index in [2.05, 4.69) is 0 Å². The molecule has 4 heteroatoms. The Morgan fingerprint density at radius 1 is 1.38 bits per heavy atom. The van der Waals surface area contributed by atoms with Crippen molar-refractivity contribution in [3.63, 3.8) is 0 Å². The summed E-state index contributed by atoms with van der Waals surface area (Å²) in [4.78, 5) is 0. The smallest absolute Gasteiger partial charge is 0.197 e. The van der Waals surface area contributed by atoms with Gasteiger partial charge in [-0.1, -0.05) is 6.92 Å². The van der Waals surface area contributed by atoms with Gasteiger partial charge in [-0.3, -0.25) is 0 Å². The van der Waals surface area contributed by atoms with Gasteiger partial charge in [-0.25, -0.2) is 0 Å². The number of ether oxygens (including phenoxy) is 2. The summed E-state index contributed by atoms with van der Waals surface area (Å²) in [5.74, 6) is -0.854. The van der Waals surface area contributed by atoms with Crippen LogP contribution in [-0.4, -0.2) is 37.3 Å². The van der Waals surface area contributed by atoms with Crippen LogP contribution in [0.25, 0.3) is 0 Å². The number of rotatable bonds is 4. The third-order valence-corrected chi connectivity index (χ3v) is 3.32. The Kier molecular flexibility index (Phi) is 2.97. The van der Waals surface area contributed by atoms with E-state index in [1.54, 1.807) is 14.2 Å². The Hall–Kier alpha value is -0.160. The van der Waals surface area contributed by atoms with Gasteiger partial charge in [0.1, 0.15) is 5.60 Å². The molecule has 2 atom stereocenters. The summed E-state index contributed by atoms with van der Waals surface area (Å²) in [7, 11) is 3.10. The lowest BCUT2D eigenvalue weighted by atomic mass is 9.66. The molecule has 13 heavy (non-hydrogen) atoms. The average Bonchev–Trinajstić information content (AvgIpc) is 2.16. The molecule has 0 saturated heterocycles. The predicted molar refractivity (Wildman–Crippen MR) is 49.2 cm³/mol. The van der Waals surface area contributed by atoms with Crippen LogP contribution in [0.4, 0.5) is 0 Å². The molecule has 1 aliphatic rings. The average molecular weight is 189 g/mol. The molecule has 1 rings (SSSR count). The zero-order chi connectivity index (χ0) is 10.1. The van der Waals surface area contributed by atoms with E-state index < -0.39 is 11.4 Å². The van der Waals surface area contributed by atoms with Crippen molar-refractivity contribution in [2.24, 2.45) is 11.7 Å². The molecule has 0 aromatic heterocycles. The van der Waals surface area contributed by atoms with Crippen molar-refractivity contribution in [3.8, 4) is 0 Å². The maximum absolute atomic E-state index is 10.3. The number of hydrogen-bond donors (Lipinski definition) is 2. The van der Waals surface area contributed by atoms with Gasteiger partial charge in [-0.15, -0.1) is 0 Å². The second-order valence-electron chi connectivity index (χ2n) is 3.72. The summed E-state index contributed by atoms with van der Waals surface area (Å²) in [5, 5.41) is 10.3. The molecule has 1 saturated carbocycles. The highest BCUT2D eigenvalue weighted by molar-refractivity contribution is 5.07. The zero-order valence-electron chi connectivity index (χ0n) is 8.54. The van der Waals surface area contributed by atoms with Crippen molar-refractivity contribution in [2.45, 2.75) is 31.2 Å². The summed E-state index contributed by atoms with van der Waals surface area (Å²) >= 11 is 0. The highest BCUT2D eigenvalue weighted by atomic mass is 16.7. The zero-order valence-corrected chi connectivity index (χ0v) is 8.54. The van der Waals surface area contributed by atoms with Gasteiger partial charge in [0, 0.05) is 26.6 Å². The molecule has 0 aromatic carbocycles. The number of nitrogens with two attached hydrogens (primary N) is 1. The SMILES string of the molecule is COC1(OC)CCC1(O)C(C)CN. The molecule has 0 radical (unpaired) electrons. The maximum Gasteiger partial charge on any atom is 0.197 e. The van der Waals surface area contributed by atoms with Gasteiger partial charge in [-0.2, -0.15) is 0 Å².